The van der Waals surface area contributed by atoms with Crippen LogP contribution in [0, 0.1) is 0 Å². The molecule has 0 radical (unpaired) electrons. The van der Waals surface area contributed by atoms with E-state index in [2.05, 4.69) is 20.9 Å². The smallest absolute Gasteiger partial charge is 0.272 e. The van der Waals surface area contributed by atoms with Gasteiger partial charge < -0.3 is 20.7 Å². The highest BCUT2D eigenvalue weighted by Gasteiger charge is 2.16. The molecule has 0 spiro atoms. The number of rotatable bonds is 12. The van der Waals surface area contributed by atoms with E-state index in [0.29, 0.717) is 34.3 Å². The lowest BCUT2D eigenvalue weighted by Crippen LogP contribution is -2.30. The first-order valence-electron chi connectivity index (χ1n) is 13.6. The van der Waals surface area contributed by atoms with Gasteiger partial charge in [0.25, 0.3) is 11.8 Å². The molecule has 0 fully saturated rings. The molecule has 0 saturated heterocycles. The molecule has 2 heterocycles. The van der Waals surface area contributed by atoms with Gasteiger partial charge in [0.1, 0.15) is 11.4 Å². The Morgan fingerprint density at radius 3 is 2.41 bits per heavy atom. The molecule has 222 valence electrons. The second kappa shape index (κ2) is 15.1. The number of thiophene rings is 1. The Balaban J connectivity index is 1.22. The van der Waals surface area contributed by atoms with Crippen LogP contribution in [0.25, 0.3) is 16.6 Å². The summed E-state index contributed by atoms with van der Waals surface area (Å²) in [5.74, 6) is -0.262. The molecule has 0 aliphatic carbocycles. The minimum Gasteiger partial charge on any atom is -0.493 e. The average Bonchev–Trinajstić information content (AvgIpc) is 3.75. The van der Waals surface area contributed by atoms with Crippen molar-refractivity contribution in [1.82, 2.24) is 10.3 Å². The van der Waals surface area contributed by atoms with Crippen LogP contribution in [-0.4, -0.2) is 35.1 Å². The van der Waals surface area contributed by atoms with Gasteiger partial charge in [0.05, 0.1) is 22.9 Å². The van der Waals surface area contributed by atoms with Gasteiger partial charge in [-0.1, -0.05) is 42.5 Å². The highest BCUT2D eigenvalue weighted by Crippen LogP contribution is 2.29. The van der Waals surface area contributed by atoms with Gasteiger partial charge in [-0.3, -0.25) is 14.4 Å². The first-order chi connectivity index (χ1) is 21.5. The van der Waals surface area contributed by atoms with Crippen LogP contribution < -0.4 is 20.7 Å². The van der Waals surface area contributed by atoms with E-state index in [-0.39, 0.29) is 17.4 Å². The van der Waals surface area contributed by atoms with Crippen molar-refractivity contribution in [3.8, 4) is 16.3 Å². The number of hydrogen-bond acceptors (Lipinski definition) is 8. The van der Waals surface area contributed by atoms with E-state index in [0.717, 1.165) is 15.5 Å². The van der Waals surface area contributed by atoms with Crippen molar-refractivity contribution in [3.63, 3.8) is 0 Å². The third-order valence-corrected chi connectivity index (χ3v) is 8.72. The van der Waals surface area contributed by atoms with E-state index < -0.39 is 11.8 Å². The number of carbonyl (C=O) groups excluding carboxylic acids is 3. The second-order valence-electron chi connectivity index (χ2n) is 9.18. The van der Waals surface area contributed by atoms with Crippen LogP contribution in [0.15, 0.2) is 112 Å². The summed E-state index contributed by atoms with van der Waals surface area (Å²) in [6, 6.07) is 27.1. The maximum Gasteiger partial charge on any atom is 0.272 e. The lowest BCUT2D eigenvalue weighted by Gasteiger charge is -2.13. The predicted molar refractivity (Wildman–Crippen MR) is 179 cm³/mol. The molecule has 11 heteroatoms. The fourth-order valence-corrected chi connectivity index (χ4v) is 6.18. The Bertz CT molecular complexity index is 1750. The number of aromatic nitrogens is 1. The van der Waals surface area contributed by atoms with E-state index in [1.54, 1.807) is 59.9 Å². The summed E-state index contributed by atoms with van der Waals surface area (Å²) in [4.78, 5) is 45.3. The maximum absolute atomic E-state index is 13.4. The minimum absolute atomic E-state index is 0.0607. The molecule has 5 aromatic rings. The molecule has 2 aromatic heterocycles. The quantitative estimate of drug-likeness (QED) is 0.0968. The Morgan fingerprint density at radius 1 is 0.886 bits per heavy atom. The van der Waals surface area contributed by atoms with Gasteiger partial charge in [0.2, 0.25) is 5.91 Å². The number of carbonyl (C=O) groups is 3. The second-order valence-corrected chi connectivity index (χ2v) is 12.0. The van der Waals surface area contributed by atoms with E-state index >= 15 is 0 Å². The van der Waals surface area contributed by atoms with Crippen molar-refractivity contribution >= 4 is 69.1 Å². The molecule has 0 unspecified atom stereocenters. The first kappa shape index (κ1) is 30.7. The summed E-state index contributed by atoms with van der Waals surface area (Å²) in [5, 5.41) is 12.9. The molecule has 3 aromatic carbocycles. The van der Waals surface area contributed by atoms with Crippen LogP contribution in [-0.2, 0) is 9.59 Å². The predicted octanol–water partition coefficient (Wildman–Crippen LogP) is 7.41. The lowest BCUT2D eigenvalue weighted by atomic mass is 10.1. The van der Waals surface area contributed by atoms with Crippen molar-refractivity contribution < 1.29 is 19.1 Å². The number of thioether (sulfide) groups is 1. The maximum atomic E-state index is 13.4. The Labute approximate surface area is 267 Å². The molecule has 0 bridgehead atoms. The molecular formula is C33H28N4O4S3. The zero-order chi connectivity index (χ0) is 30.7. The van der Waals surface area contributed by atoms with E-state index in [4.69, 9.17) is 4.74 Å². The summed E-state index contributed by atoms with van der Waals surface area (Å²) in [6.07, 6.45) is 1.59. The normalized spacial score (nSPS) is 11.1. The zero-order valence-electron chi connectivity index (χ0n) is 23.6. The van der Waals surface area contributed by atoms with Gasteiger partial charge in [0.15, 0.2) is 5.13 Å². The summed E-state index contributed by atoms with van der Waals surface area (Å²) >= 11 is 4.36. The number of benzene rings is 3. The summed E-state index contributed by atoms with van der Waals surface area (Å²) in [7, 11) is 0. The number of nitrogens with one attached hydrogen (secondary N) is 3. The van der Waals surface area contributed by atoms with E-state index in [9.17, 15) is 14.4 Å². The monoisotopic (exact) mass is 640 g/mol. The Hall–Kier alpha value is -4.71. The molecule has 3 amide bonds. The van der Waals surface area contributed by atoms with E-state index in [1.165, 1.54) is 23.1 Å². The molecule has 0 saturated carbocycles. The number of amides is 3. The SMILES string of the molecule is CCOc1ccccc1/C=C(\NC(=O)c1ccccc1)C(=O)Nc1ccc(SCC(=O)Nc2nc(-c3cccs3)cs2)cc1. The third kappa shape index (κ3) is 8.44. The molecule has 8 nitrogen and oxygen atoms in total. The molecule has 0 atom stereocenters. The molecular weight excluding hydrogens is 613 g/mol. The third-order valence-electron chi connectivity index (χ3n) is 6.05. The minimum atomic E-state index is -0.495. The Kier molecular flexibility index (Phi) is 10.6. The zero-order valence-corrected chi connectivity index (χ0v) is 26.1. The largest absolute Gasteiger partial charge is 0.493 e. The standard InChI is InChI=1S/C33H28N4O4S3/c1-2-41-28-12-7-6-11-23(28)19-26(35-31(39)22-9-4-3-5-10-22)32(40)34-24-14-16-25(17-15-24)43-21-30(38)37-33-36-27(20-44-33)29-13-8-18-42-29/h3-20H,2,21H2,1H3,(H,34,40)(H,35,39)(H,36,37,38)/b26-19-. The van der Waals surface area contributed by atoms with Gasteiger partial charge in [-0.15, -0.1) is 34.4 Å². The number of nitrogens with zero attached hydrogens (tertiary/aromatic N) is 1. The van der Waals surface area contributed by atoms with Crippen molar-refractivity contribution in [1.29, 1.82) is 0 Å². The fourth-order valence-electron chi connectivity index (χ4n) is 3.99. The van der Waals surface area contributed by atoms with Crippen molar-refractivity contribution in [2.45, 2.75) is 11.8 Å². The summed E-state index contributed by atoms with van der Waals surface area (Å²) < 4.78 is 5.71. The number of hydrogen-bond donors (Lipinski definition) is 3. The number of para-hydroxylation sites is 1. The van der Waals surface area contributed by atoms with Crippen molar-refractivity contribution in [2.24, 2.45) is 0 Å². The fraction of sp³-hybridized carbons (Fsp3) is 0.0909. The lowest BCUT2D eigenvalue weighted by molar-refractivity contribution is -0.114. The highest BCUT2D eigenvalue weighted by atomic mass is 32.2. The van der Waals surface area contributed by atoms with Gasteiger partial charge in [0, 0.05) is 27.1 Å². The number of ether oxygens (including phenoxy) is 1. The molecule has 5 rings (SSSR count). The van der Waals surface area contributed by atoms with Gasteiger partial charge in [-0.25, -0.2) is 4.98 Å². The average molecular weight is 641 g/mol. The molecule has 0 aliphatic rings. The van der Waals surface area contributed by atoms with E-state index in [1.807, 2.05) is 66.2 Å². The summed E-state index contributed by atoms with van der Waals surface area (Å²) in [6.45, 7) is 2.33. The van der Waals surface area contributed by atoms with Crippen LogP contribution in [0.1, 0.15) is 22.8 Å². The van der Waals surface area contributed by atoms with Crippen LogP contribution in [0.4, 0.5) is 10.8 Å². The highest BCUT2D eigenvalue weighted by molar-refractivity contribution is 8.00. The van der Waals surface area contributed by atoms with Crippen LogP contribution >= 0.6 is 34.4 Å². The van der Waals surface area contributed by atoms with Crippen LogP contribution in [0.2, 0.25) is 0 Å². The number of anilines is 2. The van der Waals surface area contributed by atoms with Gasteiger partial charge in [-0.05, 0) is 66.9 Å². The van der Waals surface area contributed by atoms with Crippen molar-refractivity contribution in [2.75, 3.05) is 23.0 Å². The van der Waals surface area contributed by atoms with Crippen LogP contribution in [0.5, 0.6) is 5.75 Å². The summed E-state index contributed by atoms with van der Waals surface area (Å²) in [5.41, 5.74) is 2.52. The molecule has 3 N–H and O–H groups in total. The Morgan fingerprint density at radius 2 is 1.66 bits per heavy atom. The topological polar surface area (TPSA) is 109 Å². The van der Waals surface area contributed by atoms with Crippen molar-refractivity contribution in [3.05, 3.63) is 119 Å². The number of thiazole rings is 1. The molecule has 0 aliphatic heterocycles. The van der Waals surface area contributed by atoms with Gasteiger partial charge >= 0.3 is 0 Å². The first-order valence-corrected chi connectivity index (χ1v) is 16.4. The van der Waals surface area contributed by atoms with Gasteiger partial charge in [-0.2, -0.15) is 0 Å². The van der Waals surface area contributed by atoms with Crippen LogP contribution in [0.3, 0.4) is 0 Å². The molecule has 44 heavy (non-hydrogen) atoms.